The number of hydrogen-bond acceptors (Lipinski definition) is 3. The highest BCUT2D eigenvalue weighted by Gasteiger charge is 2.14. The van der Waals surface area contributed by atoms with Crippen LogP contribution in [0.4, 0.5) is 5.69 Å². The van der Waals surface area contributed by atoms with Crippen LogP contribution in [0.15, 0.2) is 28.7 Å². The lowest BCUT2D eigenvalue weighted by Gasteiger charge is -2.07. The van der Waals surface area contributed by atoms with Crippen LogP contribution in [0.25, 0.3) is 0 Å². The fourth-order valence-electron chi connectivity index (χ4n) is 1.66. The zero-order chi connectivity index (χ0) is 14.0. The first-order valence-corrected chi connectivity index (χ1v) is 6.94. The Labute approximate surface area is 128 Å². The van der Waals surface area contributed by atoms with E-state index in [-0.39, 0.29) is 5.76 Å². The smallest absolute Gasteiger partial charge is 0.372 e. The van der Waals surface area contributed by atoms with Crippen molar-refractivity contribution in [2.24, 2.45) is 0 Å². The van der Waals surface area contributed by atoms with E-state index in [1.807, 2.05) is 12.1 Å². The Morgan fingerprint density at radius 3 is 2.79 bits per heavy atom. The molecule has 0 amide bonds. The number of aryl methyl sites for hydroxylation is 1. The summed E-state index contributed by atoms with van der Waals surface area (Å²) in [6, 6.07) is 7.24. The summed E-state index contributed by atoms with van der Waals surface area (Å²) in [5.41, 5.74) is 1.55. The van der Waals surface area contributed by atoms with E-state index in [2.05, 4.69) is 27.9 Å². The molecule has 19 heavy (non-hydrogen) atoms. The maximum atomic E-state index is 10.9. The van der Waals surface area contributed by atoms with Crippen molar-refractivity contribution in [3.63, 3.8) is 0 Å². The van der Waals surface area contributed by atoms with Gasteiger partial charge in [0.15, 0.2) is 0 Å². The summed E-state index contributed by atoms with van der Waals surface area (Å²) in [6.07, 6.45) is 0. The van der Waals surface area contributed by atoms with E-state index in [4.69, 9.17) is 21.1 Å². The van der Waals surface area contributed by atoms with Crippen molar-refractivity contribution in [2.45, 2.75) is 13.5 Å². The molecule has 2 rings (SSSR count). The topological polar surface area (TPSA) is 62.5 Å². The molecule has 0 saturated heterocycles. The molecule has 0 radical (unpaired) electrons. The molecule has 0 aliphatic carbocycles. The summed E-state index contributed by atoms with van der Waals surface area (Å²) >= 11 is 8.06. The van der Waals surface area contributed by atoms with Crippen LogP contribution in [0.1, 0.15) is 21.9 Å². The van der Waals surface area contributed by atoms with Crippen molar-refractivity contribution in [3.05, 3.63) is 49.9 Å². The van der Waals surface area contributed by atoms with Gasteiger partial charge >= 0.3 is 5.97 Å². The van der Waals surface area contributed by atoms with Gasteiger partial charge in [-0.1, -0.05) is 11.6 Å². The van der Waals surface area contributed by atoms with Gasteiger partial charge in [0.1, 0.15) is 5.76 Å². The van der Waals surface area contributed by atoms with E-state index in [9.17, 15) is 4.79 Å². The Balaban J connectivity index is 2.10. The van der Waals surface area contributed by atoms with Gasteiger partial charge in [-0.25, -0.2) is 4.79 Å². The second kappa shape index (κ2) is 5.83. The molecule has 0 aliphatic heterocycles. The second-order valence-corrected chi connectivity index (χ2v) is 5.61. The molecule has 2 N–H and O–H groups in total. The summed E-state index contributed by atoms with van der Waals surface area (Å²) in [5, 5.41) is 12.8. The maximum Gasteiger partial charge on any atom is 0.372 e. The zero-order valence-corrected chi connectivity index (χ0v) is 12.9. The number of aromatic carboxylic acids is 1. The third-order valence-electron chi connectivity index (χ3n) is 2.55. The molecule has 100 valence electrons. The minimum atomic E-state index is -1.05. The monoisotopic (exact) mass is 391 g/mol. The number of carboxylic acid groups (broad SMARTS) is 1. The van der Waals surface area contributed by atoms with E-state index in [1.165, 1.54) is 0 Å². The highest BCUT2D eigenvalue weighted by Crippen LogP contribution is 2.23. The van der Waals surface area contributed by atoms with Crippen LogP contribution in [-0.2, 0) is 6.54 Å². The van der Waals surface area contributed by atoms with Crippen molar-refractivity contribution in [1.29, 1.82) is 0 Å². The number of benzene rings is 1. The first-order valence-electron chi connectivity index (χ1n) is 5.49. The van der Waals surface area contributed by atoms with Gasteiger partial charge in [0.25, 0.3) is 0 Å². The van der Waals surface area contributed by atoms with Gasteiger partial charge < -0.3 is 14.8 Å². The molecule has 6 heteroatoms. The fourth-order valence-corrected chi connectivity index (χ4v) is 2.72. The maximum absolute atomic E-state index is 10.9. The van der Waals surface area contributed by atoms with Crippen LogP contribution in [0.2, 0.25) is 5.02 Å². The quantitative estimate of drug-likeness (QED) is 0.769. The van der Waals surface area contributed by atoms with E-state index in [0.717, 1.165) is 9.26 Å². The van der Waals surface area contributed by atoms with E-state index in [0.29, 0.717) is 22.9 Å². The average Bonchev–Trinajstić information content (AvgIpc) is 2.69. The van der Waals surface area contributed by atoms with Gasteiger partial charge in [-0.15, -0.1) is 0 Å². The Kier molecular flexibility index (Phi) is 4.36. The highest BCUT2D eigenvalue weighted by atomic mass is 127. The minimum Gasteiger partial charge on any atom is -0.475 e. The van der Waals surface area contributed by atoms with Gasteiger partial charge in [-0.2, -0.15) is 0 Å². The molecule has 0 spiro atoms. The van der Waals surface area contributed by atoms with Gasteiger partial charge in [0, 0.05) is 19.8 Å². The number of carboxylic acids is 1. The van der Waals surface area contributed by atoms with E-state index >= 15 is 0 Å². The molecule has 0 unspecified atom stereocenters. The second-order valence-electron chi connectivity index (χ2n) is 4.01. The number of hydrogen-bond donors (Lipinski definition) is 2. The molecule has 0 aliphatic rings. The van der Waals surface area contributed by atoms with Crippen LogP contribution in [0.3, 0.4) is 0 Å². The number of carbonyl (C=O) groups is 1. The molecule has 0 fully saturated rings. The van der Waals surface area contributed by atoms with Crippen molar-refractivity contribution < 1.29 is 14.3 Å². The van der Waals surface area contributed by atoms with E-state index in [1.54, 1.807) is 19.1 Å². The van der Waals surface area contributed by atoms with Crippen molar-refractivity contribution in [3.8, 4) is 0 Å². The number of anilines is 1. The van der Waals surface area contributed by atoms with Crippen LogP contribution < -0.4 is 5.32 Å². The molecule has 0 bridgehead atoms. The molecule has 1 heterocycles. The molecule has 0 saturated carbocycles. The Morgan fingerprint density at radius 2 is 2.21 bits per heavy atom. The lowest BCUT2D eigenvalue weighted by Crippen LogP contribution is -2.00. The Bertz CT molecular complexity index is 624. The Hall–Kier alpha value is -1.21. The number of furan rings is 1. The van der Waals surface area contributed by atoms with Crippen molar-refractivity contribution in [2.75, 3.05) is 5.32 Å². The fraction of sp³-hybridized carbons (Fsp3) is 0.154. The van der Waals surface area contributed by atoms with Gasteiger partial charge in [-0.3, -0.25) is 0 Å². The van der Waals surface area contributed by atoms with Crippen molar-refractivity contribution >= 4 is 45.8 Å². The molecular formula is C13H11ClINO3. The zero-order valence-electron chi connectivity index (χ0n) is 10.0. The van der Waals surface area contributed by atoms with Crippen LogP contribution in [0, 0.1) is 10.5 Å². The molecule has 0 atom stereocenters. The first kappa shape index (κ1) is 14.2. The lowest BCUT2D eigenvalue weighted by atomic mass is 10.2. The molecule has 4 nitrogen and oxygen atoms in total. The van der Waals surface area contributed by atoms with Crippen molar-refractivity contribution in [1.82, 2.24) is 0 Å². The number of nitrogens with one attached hydrogen (secondary N) is 1. The largest absolute Gasteiger partial charge is 0.475 e. The lowest BCUT2D eigenvalue weighted by molar-refractivity contribution is 0.0659. The molecule has 1 aromatic carbocycles. The normalized spacial score (nSPS) is 10.5. The summed E-state index contributed by atoms with van der Waals surface area (Å²) in [7, 11) is 0. The number of halogens is 2. The minimum absolute atomic E-state index is 0.0115. The summed E-state index contributed by atoms with van der Waals surface area (Å²) in [5.74, 6) is -0.479. The van der Waals surface area contributed by atoms with Crippen LogP contribution in [-0.4, -0.2) is 11.1 Å². The molecular weight excluding hydrogens is 381 g/mol. The summed E-state index contributed by atoms with van der Waals surface area (Å²) < 4.78 is 6.26. The number of rotatable bonds is 4. The standard InChI is InChI=1S/C13H11ClINO3/c1-7-4-9(19-12(7)13(17)18)6-16-11-3-2-8(14)5-10(11)15/h2-5,16H,6H2,1H3,(H,17,18). The Morgan fingerprint density at radius 1 is 1.47 bits per heavy atom. The average molecular weight is 392 g/mol. The van der Waals surface area contributed by atoms with Crippen LogP contribution in [0.5, 0.6) is 0 Å². The van der Waals surface area contributed by atoms with Gasteiger partial charge in [0.2, 0.25) is 5.76 Å². The third-order valence-corrected chi connectivity index (χ3v) is 3.67. The van der Waals surface area contributed by atoms with Gasteiger partial charge in [0.05, 0.1) is 6.54 Å². The SMILES string of the molecule is Cc1cc(CNc2ccc(Cl)cc2I)oc1C(=O)O. The van der Waals surface area contributed by atoms with Gasteiger partial charge in [-0.05, 0) is 53.8 Å². The molecule has 1 aromatic heterocycles. The van der Waals surface area contributed by atoms with Crippen LogP contribution >= 0.6 is 34.2 Å². The predicted octanol–water partition coefficient (Wildman–Crippen LogP) is 4.16. The summed E-state index contributed by atoms with van der Waals surface area (Å²) in [4.78, 5) is 10.9. The first-order chi connectivity index (χ1) is 8.97. The summed E-state index contributed by atoms with van der Waals surface area (Å²) in [6.45, 7) is 2.13. The third kappa shape index (κ3) is 3.42. The predicted molar refractivity (Wildman–Crippen MR) is 81.9 cm³/mol. The molecule has 2 aromatic rings. The highest BCUT2D eigenvalue weighted by molar-refractivity contribution is 14.1. The van der Waals surface area contributed by atoms with E-state index < -0.39 is 5.97 Å².